The molecule has 0 aliphatic heterocycles. The minimum absolute atomic E-state index is 0.0207. The first kappa shape index (κ1) is 12.7. The molecular weight excluding hydrogens is 233 g/mol. The van der Waals surface area contributed by atoms with E-state index in [0.29, 0.717) is 23.8 Å². The van der Waals surface area contributed by atoms with Crippen molar-refractivity contribution in [1.29, 1.82) is 0 Å². The Morgan fingerprint density at radius 2 is 2.17 bits per heavy atom. The Balaban J connectivity index is 1.99. The van der Waals surface area contributed by atoms with Crippen molar-refractivity contribution in [3.63, 3.8) is 0 Å². The highest BCUT2D eigenvalue weighted by atomic mass is 19.1. The van der Waals surface area contributed by atoms with Crippen molar-refractivity contribution >= 4 is 0 Å². The van der Waals surface area contributed by atoms with Crippen LogP contribution in [-0.2, 0) is 6.54 Å². The van der Waals surface area contributed by atoms with Gasteiger partial charge in [-0.15, -0.1) is 0 Å². The van der Waals surface area contributed by atoms with Crippen LogP contribution in [0, 0.1) is 19.7 Å². The third-order valence-electron chi connectivity index (χ3n) is 2.82. The molecule has 0 aliphatic rings. The zero-order chi connectivity index (χ0) is 13.1. The molecule has 0 saturated heterocycles. The highest BCUT2D eigenvalue weighted by Crippen LogP contribution is 2.16. The van der Waals surface area contributed by atoms with Crippen LogP contribution in [0.25, 0.3) is 0 Å². The minimum Gasteiger partial charge on any atom is -0.338 e. The van der Waals surface area contributed by atoms with Crippen molar-refractivity contribution in [2.45, 2.75) is 33.4 Å². The number of aromatic nitrogens is 2. The molecule has 0 fully saturated rings. The van der Waals surface area contributed by atoms with Gasteiger partial charge in [0.15, 0.2) is 5.82 Å². The van der Waals surface area contributed by atoms with Crippen LogP contribution in [0.15, 0.2) is 22.7 Å². The fourth-order valence-corrected chi connectivity index (χ4v) is 1.65. The molecule has 96 valence electrons. The minimum atomic E-state index is -0.185. The summed E-state index contributed by atoms with van der Waals surface area (Å²) in [4.78, 5) is 4.09. The van der Waals surface area contributed by atoms with E-state index in [4.69, 9.17) is 4.52 Å². The lowest BCUT2D eigenvalue weighted by Gasteiger charge is -2.13. The topological polar surface area (TPSA) is 51.0 Å². The van der Waals surface area contributed by atoms with Gasteiger partial charge in [0.25, 0.3) is 0 Å². The van der Waals surface area contributed by atoms with Gasteiger partial charge < -0.3 is 9.84 Å². The number of hydrogen-bond acceptors (Lipinski definition) is 4. The van der Waals surface area contributed by atoms with Crippen LogP contribution < -0.4 is 5.32 Å². The first-order chi connectivity index (χ1) is 8.56. The molecule has 0 aliphatic carbocycles. The van der Waals surface area contributed by atoms with E-state index < -0.39 is 0 Å². The molecule has 0 bridgehead atoms. The molecule has 1 aromatic heterocycles. The number of rotatable bonds is 4. The summed E-state index contributed by atoms with van der Waals surface area (Å²) in [6.07, 6.45) is 0. The Morgan fingerprint density at radius 1 is 1.39 bits per heavy atom. The molecule has 0 spiro atoms. The van der Waals surface area contributed by atoms with Crippen LogP contribution in [0.4, 0.5) is 4.39 Å². The smallest absolute Gasteiger partial charge is 0.240 e. The molecule has 1 N–H and O–H groups in total. The molecule has 1 heterocycles. The summed E-state index contributed by atoms with van der Waals surface area (Å²) < 4.78 is 18.4. The molecule has 2 rings (SSSR count). The third kappa shape index (κ3) is 2.92. The first-order valence-corrected chi connectivity index (χ1v) is 5.85. The lowest BCUT2D eigenvalue weighted by atomic mass is 10.1. The highest BCUT2D eigenvalue weighted by Gasteiger charge is 2.09. The normalized spacial score (nSPS) is 12.7. The van der Waals surface area contributed by atoms with E-state index >= 15 is 0 Å². The average molecular weight is 249 g/mol. The molecule has 0 amide bonds. The molecule has 1 aromatic carbocycles. The highest BCUT2D eigenvalue weighted by molar-refractivity contribution is 5.25. The van der Waals surface area contributed by atoms with E-state index in [-0.39, 0.29) is 11.9 Å². The second-order valence-electron chi connectivity index (χ2n) is 4.35. The quantitative estimate of drug-likeness (QED) is 0.905. The van der Waals surface area contributed by atoms with E-state index in [2.05, 4.69) is 15.5 Å². The molecule has 0 radical (unpaired) electrons. The molecular formula is C13H16FN3O. The predicted molar refractivity (Wildman–Crippen MR) is 65.4 cm³/mol. The first-order valence-electron chi connectivity index (χ1n) is 5.85. The number of benzene rings is 1. The van der Waals surface area contributed by atoms with Crippen molar-refractivity contribution in [1.82, 2.24) is 15.5 Å². The van der Waals surface area contributed by atoms with Crippen LogP contribution in [-0.4, -0.2) is 10.1 Å². The zero-order valence-corrected chi connectivity index (χ0v) is 10.7. The van der Waals surface area contributed by atoms with Crippen LogP contribution in [0.2, 0.25) is 0 Å². The molecule has 5 heteroatoms. The maximum Gasteiger partial charge on any atom is 0.240 e. The summed E-state index contributed by atoms with van der Waals surface area (Å²) in [7, 11) is 0. The monoisotopic (exact) mass is 249 g/mol. The second kappa shape index (κ2) is 5.27. The number of halogens is 1. The van der Waals surface area contributed by atoms with Crippen molar-refractivity contribution in [3.05, 3.63) is 46.9 Å². The van der Waals surface area contributed by atoms with Gasteiger partial charge in [0.1, 0.15) is 5.82 Å². The fraction of sp³-hybridized carbons (Fsp3) is 0.385. The Morgan fingerprint density at radius 3 is 2.78 bits per heavy atom. The van der Waals surface area contributed by atoms with Crippen LogP contribution >= 0.6 is 0 Å². The number of nitrogens with zero attached hydrogens (tertiary/aromatic N) is 2. The van der Waals surface area contributed by atoms with Crippen molar-refractivity contribution in [2.24, 2.45) is 0 Å². The molecule has 1 atom stereocenters. The van der Waals surface area contributed by atoms with E-state index in [1.807, 2.05) is 13.0 Å². The van der Waals surface area contributed by atoms with Gasteiger partial charge in [-0.3, -0.25) is 0 Å². The van der Waals surface area contributed by atoms with Crippen LogP contribution in [0.3, 0.4) is 0 Å². The predicted octanol–water partition coefficient (Wildman–Crippen LogP) is 2.68. The van der Waals surface area contributed by atoms with E-state index in [1.165, 1.54) is 0 Å². The number of hydrogen-bond donors (Lipinski definition) is 1. The van der Waals surface area contributed by atoms with Gasteiger partial charge in [-0.2, -0.15) is 4.98 Å². The lowest BCUT2D eigenvalue weighted by Crippen LogP contribution is -2.18. The largest absolute Gasteiger partial charge is 0.338 e. The SMILES string of the molecule is Cc1noc(CNC(C)c2ccc(C)c(F)c2)n1. The average Bonchev–Trinajstić information content (AvgIpc) is 2.75. The summed E-state index contributed by atoms with van der Waals surface area (Å²) in [6.45, 7) is 5.95. The Bertz CT molecular complexity index is 539. The molecule has 2 aromatic rings. The van der Waals surface area contributed by atoms with Gasteiger partial charge in [0.2, 0.25) is 5.89 Å². The van der Waals surface area contributed by atoms with E-state index in [0.717, 1.165) is 5.56 Å². The van der Waals surface area contributed by atoms with Gasteiger partial charge in [-0.25, -0.2) is 4.39 Å². The van der Waals surface area contributed by atoms with Gasteiger partial charge in [0.05, 0.1) is 6.54 Å². The third-order valence-corrected chi connectivity index (χ3v) is 2.82. The summed E-state index contributed by atoms with van der Waals surface area (Å²) in [5.41, 5.74) is 1.55. The summed E-state index contributed by atoms with van der Waals surface area (Å²) in [5, 5.41) is 6.92. The molecule has 18 heavy (non-hydrogen) atoms. The van der Waals surface area contributed by atoms with Gasteiger partial charge in [-0.05, 0) is 38.0 Å². The van der Waals surface area contributed by atoms with E-state index in [1.54, 1.807) is 26.0 Å². The standard InChI is InChI=1S/C13H16FN3O/c1-8-4-5-11(6-12(8)14)9(2)15-7-13-16-10(3)17-18-13/h4-6,9,15H,7H2,1-3H3. The van der Waals surface area contributed by atoms with E-state index in [9.17, 15) is 4.39 Å². The van der Waals surface area contributed by atoms with Crippen molar-refractivity contribution in [3.8, 4) is 0 Å². The van der Waals surface area contributed by atoms with Crippen molar-refractivity contribution in [2.75, 3.05) is 0 Å². The molecule has 4 nitrogen and oxygen atoms in total. The van der Waals surface area contributed by atoms with Gasteiger partial charge in [0, 0.05) is 6.04 Å². The number of nitrogens with one attached hydrogen (secondary N) is 1. The maximum absolute atomic E-state index is 13.4. The summed E-state index contributed by atoms with van der Waals surface area (Å²) >= 11 is 0. The van der Waals surface area contributed by atoms with Crippen LogP contribution in [0.5, 0.6) is 0 Å². The Kier molecular flexibility index (Phi) is 3.72. The van der Waals surface area contributed by atoms with Gasteiger partial charge >= 0.3 is 0 Å². The second-order valence-corrected chi connectivity index (χ2v) is 4.35. The Hall–Kier alpha value is -1.75. The zero-order valence-electron chi connectivity index (χ0n) is 10.7. The summed E-state index contributed by atoms with van der Waals surface area (Å²) in [5.74, 6) is 0.961. The molecule has 0 saturated carbocycles. The fourth-order valence-electron chi connectivity index (χ4n) is 1.65. The molecule has 1 unspecified atom stereocenters. The van der Waals surface area contributed by atoms with Gasteiger partial charge in [-0.1, -0.05) is 17.3 Å². The summed E-state index contributed by atoms with van der Waals surface area (Å²) in [6, 6.07) is 5.26. The lowest BCUT2D eigenvalue weighted by molar-refractivity contribution is 0.357. The number of aryl methyl sites for hydroxylation is 2. The maximum atomic E-state index is 13.4. The van der Waals surface area contributed by atoms with Crippen LogP contribution in [0.1, 0.15) is 35.8 Å². The Labute approximate surface area is 105 Å². The van der Waals surface area contributed by atoms with Crippen molar-refractivity contribution < 1.29 is 8.91 Å².